The van der Waals surface area contributed by atoms with E-state index in [1.54, 1.807) is 0 Å². The van der Waals surface area contributed by atoms with E-state index in [9.17, 15) is 24.1 Å². The van der Waals surface area contributed by atoms with Crippen molar-refractivity contribution in [2.24, 2.45) is 0 Å². The van der Waals surface area contributed by atoms with E-state index >= 15 is 0 Å². The maximum absolute atomic E-state index is 13.2. The van der Waals surface area contributed by atoms with Crippen LogP contribution in [0.1, 0.15) is 31.2 Å². The maximum Gasteiger partial charge on any atom is 0.305 e. The molecule has 2 N–H and O–H groups in total. The van der Waals surface area contributed by atoms with Gasteiger partial charge in [-0.1, -0.05) is 6.07 Å². The Bertz CT molecular complexity index is 562. The van der Waals surface area contributed by atoms with Crippen molar-refractivity contribution in [2.45, 2.75) is 32.1 Å². The molecule has 1 aromatic rings. The van der Waals surface area contributed by atoms with Gasteiger partial charge in [-0.25, -0.2) is 0 Å². The quantitative estimate of drug-likeness (QED) is 0.412. The van der Waals surface area contributed by atoms with Gasteiger partial charge in [0.05, 0.1) is 4.92 Å². The Morgan fingerprint density at radius 2 is 2.00 bits per heavy atom. The smallest absolute Gasteiger partial charge is 0.305 e. The van der Waals surface area contributed by atoms with E-state index in [1.165, 1.54) is 12.1 Å². The highest BCUT2D eigenvalue weighted by atomic mass is 19.1. The van der Waals surface area contributed by atoms with Crippen molar-refractivity contribution in [1.29, 1.82) is 0 Å². The van der Waals surface area contributed by atoms with Crippen LogP contribution in [0.5, 0.6) is 0 Å². The Labute approximate surface area is 126 Å². The van der Waals surface area contributed by atoms with Gasteiger partial charge in [-0.05, 0) is 30.9 Å². The fourth-order valence-corrected chi connectivity index (χ4v) is 1.86. The molecule has 0 bridgehead atoms. The van der Waals surface area contributed by atoms with Gasteiger partial charge >= 0.3 is 11.7 Å². The van der Waals surface area contributed by atoms with Crippen LogP contribution in [0.25, 0.3) is 0 Å². The number of aliphatic carboxylic acids is 1. The van der Waals surface area contributed by atoms with Gasteiger partial charge in [0.15, 0.2) is 0 Å². The number of aryl methyl sites for hydroxylation is 1. The first-order chi connectivity index (χ1) is 10.4. The number of nitrogens with zero attached hydrogens (tertiary/aromatic N) is 1. The molecular formula is C14H17FN2O5. The van der Waals surface area contributed by atoms with Crippen LogP contribution in [0.3, 0.4) is 0 Å². The lowest BCUT2D eigenvalue weighted by atomic mass is 10.1. The second-order valence-corrected chi connectivity index (χ2v) is 4.74. The zero-order valence-electron chi connectivity index (χ0n) is 11.9. The van der Waals surface area contributed by atoms with Crippen molar-refractivity contribution in [3.8, 4) is 0 Å². The fourth-order valence-electron chi connectivity index (χ4n) is 1.86. The summed E-state index contributed by atoms with van der Waals surface area (Å²) in [6.45, 7) is 0.299. The molecular weight excluding hydrogens is 295 g/mol. The first kappa shape index (κ1) is 17.5. The Morgan fingerprint density at radius 3 is 2.64 bits per heavy atom. The molecule has 0 saturated heterocycles. The topological polar surface area (TPSA) is 110 Å². The predicted molar refractivity (Wildman–Crippen MR) is 75.9 cm³/mol. The van der Waals surface area contributed by atoms with Crippen molar-refractivity contribution in [2.75, 3.05) is 6.54 Å². The summed E-state index contributed by atoms with van der Waals surface area (Å²) < 4.78 is 13.2. The number of hydrogen-bond donors (Lipinski definition) is 2. The van der Waals surface area contributed by atoms with Crippen molar-refractivity contribution < 1.29 is 24.0 Å². The molecule has 0 aromatic heterocycles. The lowest BCUT2D eigenvalue weighted by Gasteiger charge is -2.05. The van der Waals surface area contributed by atoms with Crippen LogP contribution in [0.4, 0.5) is 10.1 Å². The van der Waals surface area contributed by atoms with Gasteiger partial charge in [0, 0.05) is 25.5 Å². The van der Waals surface area contributed by atoms with Crippen LogP contribution in [-0.2, 0) is 16.0 Å². The van der Waals surface area contributed by atoms with Crippen molar-refractivity contribution in [3.63, 3.8) is 0 Å². The molecule has 1 aromatic carbocycles. The number of benzene rings is 1. The summed E-state index contributed by atoms with van der Waals surface area (Å²) in [5.41, 5.74) is 0.0161. The monoisotopic (exact) mass is 312 g/mol. The van der Waals surface area contributed by atoms with Gasteiger partial charge in [-0.3, -0.25) is 19.7 Å². The van der Waals surface area contributed by atoms with Crippen LogP contribution in [0.2, 0.25) is 0 Å². The largest absolute Gasteiger partial charge is 0.481 e. The number of nitrogens with one attached hydrogen (secondary N) is 1. The lowest BCUT2D eigenvalue weighted by molar-refractivity contribution is -0.387. The minimum absolute atomic E-state index is 0.000469. The highest BCUT2D eigenvalue weighted by Gasteiger charge is 2.14. The van der Waals surface area contributed by atoms with Gasteiger partial charge in [-0.15, -0.1) is 0 Å². The molecule has 120 valence electrons. The van der Waals surface area contributed by atoms with Crippen LogP contribution in [-0.4, -0.2) is 28.5 Å². The molecule has 22 heavy (non-hydrogen) atoms. The highest BCUT2D eigenvalue weighted by Crippen LogP contribution is 2.19. The molecule has 0 aliphatic heterocycles. The molecule has 0 radical (unpaired) electrons. The Balaban J connectivity index is 2.32. The number of hydrogen-bond acceptors (Lipinski definition) is 4. The second-order valence-electron chi connectivity index (χ2n) is 4.74. The average Bonchev–Trinajstić information content (AvgIpc) is 2.45. The van der Waals surface area contributed by atoms with E-state index in [4.69, 9.17) is 5.11 Å². The number of halogens is 1. The number of nitro benzene ring substituents is 1. The van der Waals surface area contributed by atoms with Gasteiger partial charge in [0.25, 0.3) is 0 Å². The Hall–Kier alpha value is -2.51. The highest BCUT2D eigenvalue weighted by molar-refractivity contribution is 5.75. The number of carboxylic acids is 1. The first-order valence-corrected chi connectivity index (χ1v) is 6.81. The van der Waals surface area contributed by atoms with Gasteiger partial charge in [0.1, 0.15) is 0 Å². The summed E-state index contributed by atoms with van der Waals surface area (Å²) in [4.78, 5) is 31.6. The van der Waals surface area contributed by atoms with Gasteiger partial charge < -0.3 is 10.4 Å². The maximum atomic E-state index is 13.2. The van der Waals surface area contributed by atoms with Gasteiger partial charge in [0.2, 0.25) is 11.7 Å². The van der Waals surface area contributed by atoms with E-state index in [0.29, 0.717) is 31.4 Å². The number of nitro groups is 1. The van der Waals surface area contributed by atoms with Crippen molar-refractivity contribution in [3.05, 3.63) is 39.7 Å². The van der Waals surface area contributed by atoms with Crippen molar-refractivity contribution in [1.82, 2.24) is 5.32 Å². The molecule has 1 rings (SSSR count). The summed E-state index contributed by atoms with van der Waals surface area (Å²) in [5.74, 6) is -2.00. The summed E-state index contributed by atoms with van der Waals surface area (Å²) in [6, 6.07) is 3.66. The molecule has 0 heterocycles. The molecule has 0 fully saturated rings. The summed E-state index contributed by atoms with van der Waals surface area (Å²) in [5, 5.41) is 21.6. The molecule has 0 atom stereocenters. The van der Waals surface area contributed by atoms with E-state index in [1.807, 2.05) is 0 Å². The van der Waals surface area contributed by atoms with Crippen molar-refractivity contribution >= 4 is 17.6 Å². The zero-order chi connectivity index (χ0) is 16.5. The molecule has 7 nitrogen and oxygen atoms in total. The lowest BCUT2D eigenvalue weighted by Crippen LogP contribution is -2.24. The minimum Gasteiger partial charge on any atom is -0.481 e. The number of carbonyl (C=O) groups is 2. The summed E-state index contributed by atoms with van der Waals surface area (Å²) in [7, 11) is 0. The average molecular weight is 312 g/mol. The molecule has 0 saturated carbocycles. The predicted octanol–water partition coefficient (Wildman–Crippen LogP) is 2.04. The molecule has 1 amide bonds. The zero-order valence-corrected chi connectivity index (χ0v) is 11.9. The standard InChI is InChI=1S/C14H17FN2O5/c15-11-7-6-10(9-12(11)17(21)22)3-1-4-13(18)16-8-2-5-14(19)20/h6-7,9H,1-5,8H2,(H,16,18)(H,19,20). The van der Waals surface area contributed by atoms with E-state index in [0.717, 1.165) is 6.07 Å². The van der Waals surface area contributed by atoms with Crippen LogP contribution < -0.4 is 5.32 Å². The Morgan fingerprint density at radius 1 is 1.27 bits per heavy atom. The van der Waals surface area contributed by atoms with Crippen LogP contribution >= 0.6 is 0 Å². The SMILES string of the molecule is O=C(O)CCCNC(=O)CCCc1ccc(F)c([N+](=O)[O-])c1. The molecule has 0 aliphatic carbocycles. The number of carboxylic acid groups (broad SMARTS) is 1. The third kappa shape index (κ3) is 6.29. The van der Waals surface area contributed by atoms with Crippen LogP contribution in [0, 0.1) is 15.9 Å². The van der Waals surface area contributed by atoms with Crippen LogP contribution in [0.15, 0.2) is 18.2 Å². The van der Waals surface area contributed by atoms with E-state index in [2.05, 4.69) is 5.32 Å². The van der Waals surface area contributed by atoms with E-state index in [-0.39, 0.29) is 18.7 Å². The number of amides is 1. The molecule has 8 heteroatoms. The summed E-state index contributed by atoms with van der Waals surface area (Å²) in [6.07, 6.45) is 1.47. The third-order valence-electron chi connectivity index (χ3n) is 2.97. The molecule has 0 spiro atoms. The number of rotatable bonds is 9. The minimum atomic E-state index is -0.910. The molecule has 0 aliphatic rings. The third-order valence-corrected chi connectivity index (χ3v) is 2.97. The van der Waals surface area contributed by atoms with E-state index < -0.39 is 22.4 Å². The fraction of sp³-hybridized carbons (Fsp3) is 0.429. The Kier molecular flexibility index (Phi) is 6.94. The first-order valence-electron chi connectivity index (χ1n) is 6.81. The second kappa shape index (κ2) is 8.71. The normalized spacial score (nSPS) is 10.2. The number of carbonyl (C=O) groups excluding carboxylic acids is 1. The van der Waals surface area contributed by atoms with Gasteiger partial charge in [-0.2, -0.15) is 4.39 Å². The molecule has 0 unspecified atom stereocenters. The summed E-state index contributed by atoms with van der Waals surface area (Å²) >= 11 is 0.